The fourth-order valence-electron chi connectivity index (χ4n) is 2.15. The van der Waals surface area contributed by atoms with Gasteiger partial charge in [-0.25, -0.2) is 0 Å². The van der Waals surface area contributed by atoms with Crippen LogP contribution in [0, 0.1) is 17.2 Å². The van der Waals surface area contributed by atoms with E-state index >= 15 is 0 Å². The van der Waals surface area contributed by atoms with E-state index < -0.39 is 0 Å². The van der Waals surface area contributed by atoms with Gasteiger partial charge in [0, 0.05) is 12.6 Å². The predicted molar refractivity (Wildman–Crippen MR) is 66.1 cm³/mol. The van der Waals surface area contributed by atoms with Gasteiger partial charge in [-0.05, 0) is 38.8 Å². The molecular formula is C12H22N4O. The summed E-state index contributed by atoms with van der Waals surface area (Å²) >= 11 is 0. The number of nitrogens with two attached hydrogens (primary N) is 1. The molecule has 1 unspecified atom stereocenters. The van der Waals surface area contributed by atoms with Gasteiger partial charge in [0.05, 0.1) is 19.0 Å². The van der Waals surface area contributed by atoms with Gasteiger partial charge < -0.3 is 11.1 Å². The van der Waals surface area contributed by atoms with Crippen molar-refractivity contribution in [3.8, 4) is 6.07 Å². The lowest BCUT2D eigenvalue weighted by Gasteiger charge is -2.33. The van der Waals surface area contributed by atoms with Crippen molar-refractivity contribution < 1.29 is 4.79 Å². The highest BCUT2D eigenvalue weighted by Crippen LogP contribution is 2.18. The van der Waals surface area contributed by atoms with Crippen LogP contribution in [-0.2, 0) is 4.79 Å². The third-order valence-electron chi connectivity index (χ3n) is 3.30. The number of nitrogens with one attached hydrogen (secondary N) is 1. The normalized spacial score (nSPS) is 19.6. The Labute approximate surface area is 103 Å². The minimum Gasteiger partial charge on any atom is -0.354 e. The van der Waals surface area contributed by atoms with Crippen molar-refractivity contribution in [2.45, 2.75) is 32.2 Å². The van der Waals surface area contributed by atoms with Gasteiger partial charge >= 0.3 is 0 Å². The molecule has 1 atom stereocenters. The summed E-state index contributed by atoms with van der Waals surface area (Å²) in [5.41, 5.74) is 5.87. The largest absolute Gasteiger partial charge is 0.354 e. The van der Waals surface area contributed by atoms with Gasteiger partial charge in [0.15, 0.2) is 0 Å². The van der Waals surface area contributed by atoms with E-state index in [4.69, 9.17) is 11.0 Å². The zero-order valence-corrected chi connectivity index (χ0v) is 10.5. The second-order valence-electron chi connectivity index (χ2n) is 4.73. The molecule has 5 heteroatoms. The van der Waals surface area contributed by atoms with Crippen molar-refractivity contribution >= 4 is 5.91 Å². The molecule has 0 radical (unpaired) electrons. The van der Waals surface area contributed by atoms with E-state index in [0.29, 0.717) is 25.4 Å². The molecule has 3 N–H and O–H groups in total. The number of nitriles is 1. The van der Waals surface area contributed by atoms with E-state index in [-0.39, 0.29) is 11.9 Å². The van der Waals surface area contributed by atoms with E-state index in [1.807, 2.05) is 6.07 Å². The number of rotatable bonds is 5. The molecule has 96 valence electrons. The molecule has 1 heterocycles. The summed E-state index contributed by atoms with van der Waals surface area (Å²) in [4.78, 5) is 13.7. The molecule has 0 saturated carbocycles. The molecule has 1 aliphatic rings. The van der Waals surface area contributed by atoms with Crippen molar-refractivity contribution in [2.24, 2.45) is 11.7 Å². The monoisotopic (exact) mass is 238 g/mol. The molecule has 0 aromatic carbocycles. The molecule has 0 spiro atoms. The third-order valence-corrected chi connectivity index (χ3v) is 3.30. The number of piperidine rings is 1. The highest BCUT2D eigenvalue weighted by Gasteiger charge is 2.22. The molecule has 0 aromatic heterocycles. The van der Waals surface area contributed by atoms with Gasteiger partial charge in [0.2, 0.25) is 5.91 Å². The maximum atomic E-state index is 11.5. The van der Waals surface area contributed by atoms with Crippen molar-refractivity contribution in [3.63, 3.8) is 0 Å². The number of hydrogen-bond acceptors (Lipinski definition) is 4. The lowest BCUT2D eigenvalue weighted by atomic mass is 9.91. The number of nitrogens with zero attached hydrogens (tertiary/aromatic N) is 2. The number of carbonyl (C=O) groups excluding carboxylic acids is 1. The van der Waals surface area contributed by atoms with Crippen molar-refractivity contribution in [3.05, 3.63) is 0 Å². The second-order valence-corrected chi connectivity index (χ2v) is 4.73. The van der Waals surface area contributed by atoms with E-state index in [0.717, 1.165) is 25.9 Å². The number of hydrogen-bond donors (Lipinski definition) is 2. The van der Waals surface area contributed by atoms with E-state index in [1.165, 1.54) is 0 Å². The van der Waals surface area contributed by atoms with Crippen LogP contribution in [0.1, 0.15) is 26.2 Å². The van der Waals surface area contributed by atoms with Gasteiger partial charge in [0.25, 0.3) is 0 Å². The molecule has 1 fully saturated rings. The number of likely N-dealkylation sites (tertiary alicyclic amines) is 1. The minimum atomic E-state index is 0.0134. The topological polar surface area (TPSA) is 82.2 Å². The van der Waals surface area contributed by atoms with E-state index in [1.54, 1.807) is 0 Å². The quantitative estimate of drug-likeness (QED) is 0.664. The molecule has 0 aliphatic carbocycles. The van der Waals surface area contributed by atoms with Gasteiger partial charge in [-0.2, -0.15) is 5.26 Å². The maximum absolute atomic E-state index is 11.5. The lowest BCUT2D eigenvalue weighted by Crippen LogP contribution is -2.44. The minimum absolute atomic E-state index is 0.0134. The lowest BCUT2D eigenvalue weighted by molar-refractivity contribution is -0.122. The highest BCUT2D eigenvalue weighted by molar-refractivity contribution is 5.78. The fraction of sp³-hybridized carbons (Fsp3) is 0.833. The molecule has 0 aromatic rings. The first kappa shape index (κ1) is 13.9. The fourth-order valence-corrected chi connectivity index (χ4v) is 2.15. The Morgan fingerprint density at radius 2 is 2.24 bits per heavy atom. The first-order valence-electron chi connectivity index (χ1n) is 6.25. The summed E-state index contributed by atoms with van der Waals surface area (Å²) in [6, 6.07) is 2.25. The van der Waals surface area contributed by atoms with Gasteiger partial charge in [0.1, 0.15) is 0 Å². The molecule has 1 saturated heterocycles. The van der Waals surface area contributed by atoms with Crippen LogP contribution in [0.25, 0.3) is 0 Å². The van der Waals surface area contributed by atoms with Gasteiger partial charge in [-0.3, -0.25) is 9.69 Å². The van der Waals surface area contributed by atoms with Crippen LogP contribution in [0.5, 0.6) is 0 Å². The molecular weight excluding hydrogens is 216 g/mol. The Morgan fingerprint density at radius 1 is 1.59 bits per heavy atom. The van der Waals surface area contributed by atoms with Crippen LogP contribution in [0.3, 0.4) is 0 Å². The Hall–Kier alpha value is -1.12. The van der Waals surface area contributed by atoms with E-state index in [9.17, 15) is 4.79 Å². The molecule has 5 nitrogen and oxygen atoms in total. The van der Waals surface area contributed by atoms with Crippen LogP contribution >= 0.6 is 0 Å². The summed E-state index contributed by atoms with van der Waals surface area (Å²) in [6.07, 6.45) is 2.52. The molecule has 1 aliphatic heterocycles. The standard InChI is InChI=1S/C12H22N4O/c1-10(14)11-3-7-16(8-4-11)9-12(17)15-6-2-5-13/h10-11H,2-4,6-9,14H2,1H3,(H,15,17). The average Bonchev–Trinajstić information content (AvgIpc) is 2.30. The maximum Gasteiger partial charge on any atom is 0.234 e. The van der Waals surface area contributed by atoms with Crippen LogP contribution < -0.4 is 11.1 Å². The Kier molecular flexibility index (Phi) is 5.95. The Morgan fingerprint density at radius 3 is 2.76 bits per heavy atom. The number of amides is 1. The van der Waals surface area contributed by atoms with E-state index in [2.05, 4.69) is 17.1 Å². The van der Waals surface area contributed by atoms with Crippen molar-refractivity contribution in [1.29, 1.82) is 5.26 Å². The number of carbonyl (C=O) groups is 1. The Bertz CT molecular complexity index is 277. The van der Waals surface area contributed by atoms with Crippen LogP contribution in [0.4, 0.5) is 0 Å². The zero-order chi connectivity index (χ0) is 12.7. The molecule has 1 rings (SSSR count). The third kappa shape index (κ3) is 5.16. The van der Waals surface area contributed by atoms with Crippen LogP contribution in [-0.4, -0.2) is 43.0 Å². The summed E-state index contributed by atoms with van der Waals surface area (Å²) in [6.45, 7) is 4.83. The smallest absolute Gasteiger partial charge is 0.234 e. The summed E-state index contributed by atoms with van der Waals surface area (Å²) in [5.74, 6) is 0.604. The zero-order valence-electron chi connectivity index (χ0n) is 10.5. The van der Waals surface area contributed by atoms with Crippen LogP contribution in [0.2, 0.25) is 0 Å². The predicted octanol–water partition coefficient (Wildman–Crippen LogP) is 0.0755. The first-order chi connectivity index (χ1) is 8.13. The molecule has 17 heavy (non-hydrogen) atoms. The first-order valence-corrected chi connectivity index (χ1v) is 6.25. The SMILES string of the molecule is CC(N)C1CCN(CC(=O)NCCC#N)CC1. The summed E-state index contributed by atoms with van der Waals surface area (Å²) < 4.78 is 0. The average molecular weight is 238 g/mol. The summed E-state index contributed by atoms with van der Waals surface area (Å²) in [5, 5.41) is 11.1. The van der Waals surface area contributed by atoms with Crippen molar-refractivity contribution in [1.82, 2.24) is 10.2 Å². The second kappa shape index (κ2) is 7.25. The molecule has 0 bridgehead atoms. The Balaban J connectivity index is 2.17. The summed E-state index contributed by atoms with van der Waals surface area (Å²) in [7, 11) is 0. The van der Waals surface area contributed by atoms with Gasteiger partial charge in [-0.1, -0.05) is 0 Å². The molecule has 1 amide bonds. The van der Waals surface area contributed by atoms with Crippen molar-refractivity contribution in [2.75, 3.05) is 26.2 Å². The van der Waals surface area contributed by atoms with Crippen LogP contribution in [0.15, 0.2) is 0 Å². The van der Waals surface area contributed by atoms with Gasteiger partial charge in [-0.15, -0.1) is 0 Å². The highest BCUT2D eigenvalue weighted by atomic mass is 16.2.